The number of hydrogen-bond acceptors (Lipinski definition) is 3. The van der Waals surface area contributed by atoms with Gasteiger partial charge in [-0.3, -0.25) is 4.79 Å². The predicted molar refractivity (Wildman–Crippen MR) is 91.6 cm³/mol. The summed E-state index contributed by atoms with van der Waals surface area (Å²) in [5.74, 6) is -0.397. The molecule has 110 valence electrons. The van der Waals surface area contributed by atoms with Gasteiger partial charge >= 0.3 is 0 Å². The molecule has 0 bridgehead atoms. The van der Waals surface area contributed by atoms with Crippen LogP contribution in [0, 0.1) is 18.3 Å². The van der Waals surface area contributed by atoms with Gasteiger partial charge in [0.15, 0.2) is 0 Å². The van der Waals surface area contributed by atoms with Crippen LogP contribution in [-0.4, -0.2) is 12.2 Å². The highest BCUT2D eigenvalue weighted by atomic mass is 32.2. The first kappa shape index (κ1) is 15.9. The number of nitrogens with one attached hydrogen (secondary N) is 1. The lowest BCUT2D eigenvalue weighted by Gasteiger charge is -2.07. The van der Waals surface area contributed by atoms with Crippen molar-refractivity contribution in [2.75, 3.05) is 11.6 Å². The third kappa shape index (κ3) is 4.00. The van der Waals surface area contributed by atoms with Crippen molar-refractivity contribution in [3.8, 4) is 6.07 Å². The van der Waals surface area contributed by atoms with Gasteiger partial charge < -0.3 is 5.32 Å². The summed E-state index contributed by atoms with van der Waals surface area (Å²) in [6.07, 6.45) is 3.60. The van der Waals surface area contributed by atoms with Gasteiger partial charge in [-0.25, -0.2) is 0 Å². The molecule has 2 aromatic carbocycles. The topological polar surface area (TPSA) is 52.9 Å². The fraction of sp³-hybridized carbons (Fsp3) is 0.111. The number of benzene rings is 2. The molecular formula is C18H16N2OS. The molecule has 0 radical (unpaired) electrons. The number of thioether (sulfide) groups is 1. The van der Waals surface area contributed by atoms with Gasteiger partial charge in [-0.1, -0.05) is 30.3 Å². The zero-order chi connectivity index (χ0) is 15.9. The van der Waals surface area contributed by atoms with Crippen molar-refractivity contribution in [2.24, 2.45) is 0 Å². The van der Waals surface area contributed by atoms with Gasteiger partial charge in [0.1, 0.15) is 11.6 Å². The number of para-hydroxylation sites is 1. The average Bonchev–Trinajstić information content (AvgIpc) is 2.55. The number of nitrogens with zero attached hydrogens (tertiary/aromatic N) is 1. The second-order valence-corrected chi connectivity index (χ2v) is 5.59. The van der Waals surface area contributed by atoms with E-state index < -0.39 is 5.91 Å². The molecule has 4 heteroatoms. The van der Waals surface area contributed by atoms with Crippen LogP contribution in [0.1, 0.15) is 11.1 Å². The van der Waals surface area contributed by atoms with E-state index in [1.54, 1.807) is 17.8 Å². The summed E-state index contributed by atoms with van der Waals surface area (Å²) in [4.78, 5) is 13.4. The first-order valence-electron chi connectivity index (χ1n) is 6.77. The fourth-order valence-electron chi connectivity index (χ4n) is 1.92. The maximum Gasteiger partial charge on any atom is 0.266 e. The van der Waals surface area contributed by atoms with Crippen LogP contribution in [-0.2, 0) is 4.79 Å². The monoisotopic (exact) mass is 308 g/mol. The van der Waals surface area contributed by atoms with Crippen LogP contribution in [0.4, 0.5) is 5.69 Å². The second-order valence-electron chi connectivity index (χ2n) is 4.71. The Labute approximate surface area is 134 Å². The molecule has 0 heterocycles. The van der Waals surface area contributed by atoms with Crippen LogP contribution in [0.3, 0.4) is 0 Å². The average molecular weight is 308 g/mol. The molecule has 2 rings (SSSR count). The predicted octanol–water partition coefficient (Wildman–Crippen LogP) is 4.26. The summed E-state index contributed by atoms with van der Waals surface area (Å²) in [6.45, 7) is 1.91. The fourth-order valence-corrected chi connectivity index (χ4v) is 2.33. The van der Waals surface area contributed by atoms with Crippen molar-refractivity contribution < 1.29 is 4.79 Å². The van der Waals surface area contributed by atoms with E-state index in [1.807, 2.05) is 67.8 Å². The van der Waals surface area contributed by atoms with Crippen LogP contribution in [0.2, 0.25) is 0 Å². The van der Waals surface area contributed by atoms with Crippen LogP contribution >= 0.6 is 11.8 Å². The Kier molecular flexibility index (Phi) is 5.40. The number of anilines is 1. The summed E-state index contributed by atoms with van der Waals surface area (Å²) in [7, 11) is 0. The Balaban J connectivity index is 2.20. The lowest BCUT2D eigenvalue weighted by Crippen LogP contribution is -2.14. The smallest absolute Gasteiger partial charge is 0.266 e. The second kappa shape index (κ2) is 7.48. The molecule has 22 heavy (non-hydrogen) atoms. The molecule has 0 aliphatic rings. The van der Waals surface area contributed by atoms with Crippen LogP contribution in [0.25, 0.3) is 6.08 Å². The van der Waals surface area contributed by atoms with E-state index in [0.29, 0.717) is 5.69 Å². The molecule has 0 saturated carbocycles. The van der Waals surface area contributed by atoms with Crippen LogP contribution in [0.5, 0.6) is 0 Å². The standard InChI is InChI=1S/C18H16N2OS/c1-13-5-3-4-6-17(13)20-18(21)15(12-19)11-14-7-9-16(22-2)10-8-14/h3-11H,1-2H3,(H,20,21)/b15-11-. The highest BCUT2D eigenvalue weighted by Gasteiger charge is 2.10. The highest BCUT2D eigenvalue weighted by Crippen LogP contribution is 2.18. The number of rotatable bonds is 4. The molecule has 0 saturated heterocycles. The number of carbonyl (C=O) groups is 1. The van der Waals surface area contributed by atoms with Gasteiger partial charge in [-0.2, -0.15) is 5.26 Å². The molecule has 0 atom stereocenters. The van der Waals surface area contributed by atoms with E-state index in [9.17, 15) is 10.1 Å². The lowest BCUT2D eigenvalue weighted by atomic mass is 10.1. The molecule has 0 unspecified atom stereocenters. The largest absolute Gasteiger partial charge is 0.321 e. The third-order valence-electron chi connectivity index (χ3n) is 3.19. The van der Waals surface area contributed by atoms with Crippen LogP contribution < -0.4 is 5.32 Å². The SMILES string of the molecule is CSc1ccc(/C=C(/C#N)C(=O)Nc2ccccc2C)cc1. The number of carbonyl (C=O) groups excluding carboxylic acids is 1. The molecule has 0 aromatic heterocycles. The number of hydrogen-bond donors (Lipinski definition) is 1. The number of aryl methyl sites for hydroxylation is 1. The molecule has 0 spiro atoms. The Morgan fingerprint density at radius 1 is 1.18 bits per heavy atom. The van der Waals surface area contributed by atoms with Gasteiger partial charge in [0.25, 0.3) is 5.91 Å². The first-order chi connectivity index (χ1) is 10.6. The minimum Gasteiger partial charge on any atom is -0.321 e. The Morgan fingerprint density at radius 2 is 1.86 bits per heavy atom. The van der Waals surface area contributed by atoms with Crippen molar-refractivity contribution in [3.05, 3.63) is 65.2 Å². The summed E-state index contributed by atoms with van der Waals surface area (Å²) in [6, 6.07) is 17.1. The maximum atomic E-state index is 12.2. The Hall–Kier alpha value is -2.51. The zero-order valence-corrected chi connectivity index (χ0v) is 13.3. The summed E-state index contributed by atoms with van der Waals surface area (Å²) >= 11 is 1.65. The van der Waals surface area contributed by atoms with E-state index in [-0.39, 0.29) is 5.57 Å². The first-order valence-corrected chi connectivity index (χ1v) is 7.99. The minimum absolute atomic E-state index is 0.0835. The maximum absolute atomic E-state index is 12.2. The van der Waals surface area contributed by atoms with Gasteiger partial charge in [0.05, 0.1) is 0 Å². The summed E-state index contributed by atoms with van der Waals surface area (Å²) < 4.78 is 0. The quantitative estimate of drug-likeness (QED) is 0.521. The van der Waals surface area contributed by atoms with Crippen molar-refractivity contribution in [3.63, 3.8) is 0 Å². The molecular weight excluding hydrogens is 292 g/mol. The molecule has 3 nitrogen and oxygen atoms in total. The van der Waals surface area contributed by atoms with E-state index >= 15 is 0 Å². The third-order valence-corrected chi connectivity index (χ3v) is 3.93. The molecule has 2 aromatic rings. The summed E-state index contributed by atoms with van der Waals surface area (Å²) in [5, 5.41) is 12.0. The molecule has 1 N–H and O–H groups in total. The number of amides is 1. The van der Waals surface area contributed by atoms with Crippen molar-refractivity contribution in [2.45, 2.75) is 11.8 Å². The molecule has 0 fully saturated rings. The Bertz CT molecular complexity index is 742. The van der Waals surface area contributed by atoms with E-state index in [0.717, 1.165) is 16.0 Å². The molecule has 0 aliphatic carbocycles. The van der Waals surface area contributed by atoms with Gasteiger partial charge in [-0.15, -0.1) is 11.8 Å². The minimum atomic E-state index is -0.397. The summed E-state index contributed by atoms with van der Waals surface area (Å²) in [5.41, 5.74) is 2.58. The van der Waals surface area contributed by atoms with E-state index in [1.165, 1.54) is 0 Å². The normalized spacial score (nSPS) is 10.9. The van der Waals surface area contributed by atoms with Gasteiger partial charge in [0.2, 0.25) is 0 Å². The van der Waals surface area contributed by atoms with Crippen molar-refractivity contribution >= 4 is 29.4 Å². The highest BCUT2D eigenvalue weighted by molar-refractivity contribution is 7.98. The van der Waals surface area contributed by atoms with Crippen LogP contribution in [0.15, 0.2) is 59.0 Å². The molecule has 1 amide bonds. The van der Waals surface area contributed by atoms with E-state index in [2.05, 4.69) is 5.32 Å². The Morgan fingerprint density at radius 3 is 2.45 bits per heavy atom. The lowest BCUT2D eigenvalue weighted by molar-refractivity contribution is -0.112. The van der Waals surface area contributed by atoms with Gasteiger partial charge in [-0.05, 0) is 48.6 Å². The van der Waals surface area contributed by atoms with Crippen molar-refractivity contribution in [1.29, 1.82) is 5.26 Å². The van der Waals surface area contributed by atoms with Crippen molar-refractivity contribution in [1.82, 2.24) is 0 Å². The number of nitriles is 1. The zero-order valence-electron chi connectivity index (χ0n) is 12.5. The molecule has 0 aliphatic heterocycles. The van der Waals surface area contributed by atoms with E-state index in [4.69, 9.17) is 0 Å². The van der Waals surface area contributed by atoms with Gasteiger partial charge in [0, 0.05) is 10.6 Å².